The van der Waals surface area contributed by atoms with E-state index >= 15 is 0 Å². The summed E-state index contributed by atoms with van der Waals surface area (Å²) < 4.78 is 38.8. The van der Waals surface area contributed by atoms with Gasteiger partial charge in [-0.05, 0) is 43.0 Å². The fraction of sp³-hybridized carbons (Fsp3) is 0.538. The van der Waals surface area contributed by atoms with Gasteiger partial charge in [-0.2, -0.15) is 0 Å². The van der Waals surface area contributed by atoms with Crippen molar-refractivity contribution in [1.82, 2.24) is 0 Å². The molecule has 2 rings (SSSR count). The molecule has 1 aliphatic rings. The Morgan fingerprint density at radius 2 is 2.18 bits per heavy atom. The van der Waals surface area contributed by atoms with Crippen LogP contribution in [0.15, 0.2) is 18.2 Å². The summed E-state index contributed by atoms with van der Waals surface area (Å²) in [6.45, 7) is 2.33. The Kier molecular flexibility index (Phi) is 3.31. The lowest BCUT2D eigenvalue weighted by atomic mass is 10.1. The summed E-state index contributed by atoms with van der Waals surface area (Å²) in [6.07, 6.45) is 0.502. The van der Waals surface area contributed by atoms with Crippen LogP contribution in [-0.2, 0) is 0 Å². The second kappa shape index (κ2) is 4.59. The lowest BCUT2D eigenvalue weighted by Gasteiger charge is -2.14. The highest BCUT2D eigenvalue weighted by atomic mass is 19.3. The van der Waals surface area contributed by atoms with Gasteiger partial charge in [-0.15, -0.1) is 0 Å². The number of anilines is 1. The number of aryl methyl sites for hydroxylation is 1. The van der Waals surface area contributed by atoms with Crippen LogP contribution < -0.4 is 5.32 Å². The third kappa shape index (κ3) is 3.14. The molecule has 1 aromatic rings. The third-order valence-electron chi connectivity index (χ3n) is 3.28. The zero-order valence-corrected chi connectivity index (χ0v) is 9.77. The van der Waals surface area contributed by atoms with Gasteiger partial charge in [0.15, 0.2) is 0 Å². The van der Waals surface area contributed by atoms with Gasteiger partial charge in [0.05, 0.1) is 0 Å². The zero-order valence-electron chi connectivity index (χ0n) is 9.77. The van der Waals surface area contributed by atoms with E-state index in [0.717, 1.165) is 11.3 Å². The molecule has 0 spiro atoms. The minimum atomic E-state index is -2.50. The minimum Gasteiger partial charge on any atom is -0.385 e. The first-order valence-corrected chi connectivity index (χ1v) is 5.84. The summed E-state index contributed by atoms with van der Waals surface area (Å²) in [7, 11) is 0. The fourth-order valence-electron chi connectivity index (χ4n) is 2.30. The molecule has 1 fully saturated rings. The molecular formula is C13H16F3N. The van der Waals surface area contributed by atoms with Gasteiger partial charge < -0.3 is 5.32 Å². The predicted octanol–water partition coefficient (Wildman–Crippen LogP) is 3.98. The Hall–Kier alpha value is -1.19. The van der Waals surface area contributed by atoms with Crippen molar-refractivity contribution >= 4 is 5.69 Å². The highest BCUT2D eigenvalue weighted by Crippen LogP contribution is 2.38. The van der Waals surface area contributed by atoms with Crippen LogP contribution in [0.1, 0.15) is 24.8 Å². The second-order valence-electron chi connectivity index (χ2n) is 4.80. The highest BCUT2D eigenvalue weighted by molar-refractivity contribution is 5.50. The topological polar surface area (TPSA) is 12.0 Å². The first-order chi connectivity index (χ1) is 7.96. The summed E-state index contributed by atoms with van der Waals surface area (Å²) in [5.41, 5.74) is 1.62. The Labute approximate surface area is 99.0 Å². The summed E-state index contributed by atoms with van der Waals surface area (Å²) in [4.78, 5) is 0. The largest absolute Gasteiger partial charge is 0.385 e. The number of rotatable bonds is 3. The van der Waals surface area contributed by atoms with E-state index in [1.165, 1.54) is 12.1 Å². The standard InChI is InChI=1S/C13H16F3N/c1-9-6-11(14)2-3-12(9)17-8-10-4-5-13(15,16)7-10/h2-3,6,10,17H,4-5,7-8H2,1H3. The summed E-state index contributed by atoms with van der Waals surface area (Å²) in [5.74, 6) is -2.76. The molecule has 1 nitrogen and oxygen atoms in total. The summed E-state index contributed by atoms with van der Waals surface area (Å²) in [6, 6.07) is 4.46. The van der Waals surface area contributed by atoms with Crippen molar-refractivity contribution in [1.29, 1.82) is 0 Å². The van der Waals surface area contributed by atoms with Crippen molar-refractivity contribution in [3.05, 3.63) is 29.6 Å². The molecule has 17 heavy (non-hydrogen) atoms. The molecule has 0 saturated heterocycles. The summed E-state index contributed by atoms with van der Waals surface area (Å²) >= 11 is 0. The maximum absolute atomic E-state index is 13.0. The van der Waals surface area contributed by atoms with Crippen LogP contribution in [0.25, 0.3) is 0 Å². The Balaban J connectivity index is 1.90. The molecule has 1 aromatic carbocycles. The van der Waals surface area contributed by atoms with Crippen LogP contribution >= 0.6 is 0 Å². The van der Waals surface area contributed by atoms with Crippen LogP contribution in [-0.4, -0.2) is 12.5 Å². The Morgan fingerprint density at radius 1 is 1.41 bits per heavy atom. The van der Waals surface area contributed by atoms with E-state index in [1.807, 2.05) is 0 Å². The molecule has 94 valence electrons. The molecule has 0 amide bonds. The Bertz CT molecular complexity index is 404. The monoisotopic (exact) mass is 243 g/mol. The van der Waals surface area contributed by atoms with Crippen LogP contribution in [0.3, 0.4) is 0 Å². The molecule has 0 heterocycles. The molecule has 0 radical (unpaired) electrons. The lowest BCUT2D eigenvalue weighted by Crippen LogP contribution is -2.15. The van der Waals surface area contributed by atoms with Crippen LogP contribution in [0.4, 0.5) is 18.9 Å². The van der Waals surface area contributed by atoms with Crippen molar-refractivity contribution in [3.63, 3.8) is 0 Å². The van der Waals surface area contributed by atoms with Crippen molar-refractivity contribution < 1.29 is 13.2 Å². The smallest absolute Gasteiger partial charge is 0.248 e. The highest BCUT2D eigenvalue weighted by Gasteiger charge is 2.39. The van der Waals surface area contributed by atoms with Gasteiger partial charge in [0.25, 0.3) is 0 Å². The van der Waals surface area contributed by atoms with Gasteiger partial charge >= 0.3 is 0 Å². The van der Waals surface area contributed by atoms with Crippen molar-refractivity contribution in [2.75, 3.05) is 11.9 Å². The van der Waals surface area contributed by atoms with E-state index in [9.17, 15) is 13.2 Å². The second-order valence-corrected chi connectivity index (χ2v) is 4.80. The Morgan fingerprint density at radius 3 is 2.76 bits per heavy atom. The van der Waals surface area contributed by atoms with Crippen molar-refractivity contribution in [3.8, 4) is 0 Å². The van der Waals surface area contributed by atoms with Gasteiger partial charge in [0, 0.05) is 25.1 Å². The van der Waals surface area contributed by atoms with E-state index in [1.54, 1.807) is 13.0 Å². The maximum atomic E-state index is 13.0. The average Bonchev–Trinajstić information content (AvgIpc) is 2.57. The van der Waals surface area contributed by atoms with Crippen molar-refractivity contribution in [2.45, 2.75) is 32.1 Å². The maximum Gasteiger partial charge on any atom is 0.248 e. The zero-order chi connectivity index (χ0) is 12.5. The fourth-order valence-corrected chi connectivity index (χ4v) is 2.30. The molecular weight excluding hydrogens is 227 g/mol. The first kappa shape index (κ1) is 12.3. The normalized spacial score (nSPS) is 22.7. The molecule has 1 aliphatic carbocycles. The summed E-state index contributed by atoms with van der Waals surface area (Å²) in [5, 5.41) is 3.12. The number of halogens is 3. The molecule has 1 N–H and O–H groups in total. The average molecular weight is 243 g/mol. The molecule has 1 atom stereocenters. The van der Waals surface area contributed by atoms with Crippen molar-refractivity contribution in [2.24, 2.45) is 5.92 Å². The molecule has 0 aromatic heterocycles. The number of benzene rings is 1. The van der Waals surface area contributed by atoms with E-state index in [0.29, 0.717) is 13.0 Å². The van der Waals surface area contributed by atoms with E-state index in [2.05, 4.69) is 5.32 Å². The van der Waals surface area contributed by atoms with Gasteiger partial charge in [0.1, 0.15) is 5.82 Å². The molecule has 1 saturated carbocycles. The molecule has 1 unspecified atom stereocenters. The van der Waals surface area contributed by atoms with Crippen LogP contribution in [0.2, 0.25) is 0 Å². The van der Waals surface area contributed by atoms with Gasteiger partial charge in [-0.25, -0.2) is 13.2 Å². The first-order valence-electron chi connectivity index (χ1n) is 5.84. The SMILES string of the molecule is Cc1cc(F)ccc1NCC1CCC(F)(F)C1. The number of hydrogen-bond donors (Lipinski definition) is 1. The number of alkyl halides is 2. The molecule has 4 heteroatoms. The van der Waals surface area contributed by atoms with Gasteiger partial charge in [-0.3, -0.25) is 0 Å². The van der Waals surface area contributed by atoms with Crippen LogP contribution in [0, 0.1) is 18.7 Å². The number of hydrogen-bond acceptors (Lipinski definition) is 1. The third-order valence-corrected chi connectivity index (χ3v) is 3.28. The lowest BCUT2D eigenvalue weighted by molar-refractivity contribution is 0.00556. The quantitative estimate of drug-likeness (QED) is 0.846. The molecule has 0 bridgehead atoms. The van der Waals surface area contributed by atoms with Crippen LogP contribution in [0.5, 0.6) is 0 Å². The van der Waals surface area contributed by atoms with Gasteiger partial charge in [-0.1, -0.05) is 0 Å². The number of nitrogens with one attached hydrogen (secondary N) is 1. The van der Waals surface area contributed by atoms with E-state index in [4.69, 9.17) is 0 Å². The predicted molar refractivity (Wildman–Crippen MR) is 61.9 cm³/mol. The molecule has 0 aliphatic heterocycles. The van der Waals surface area contributed by atoms with E-state index < -0.39 is 5.92 Å². The van der Waals surface area contributed by atoms with E-state index in [-0.39, 0.29) is 24.6 Å². The minimum absolute atomic E-state index is 0.00875. The van der Waals surface area contributed by atoms with Gasteiger partial charge in [0.2, 0.25) is 5.92 Å².